The van der Waals surface area contributed by atoms with Crippen molar-refractivity contribution in [3.05, 3.63) is 22.4 Å². The number of thiophene rings is 1. The second-order valence-corrected chi connectivity index (χ2v) is 10.5. The molecule has 154 valence electrons. The van der Waals surface area contributed by atoms with Crippen molar-refractivity contribution >= 4 is 57.4 Å². The Hall–Kier alpha value is -1.98. The third-order valence-electron chi connectivity index (χ3n) is 5.37. The lowest BCUT2D eigenvalue weighted by Crippen LogP contribution is -2.54. The monoisotopic (exact) mass is 451 g/mol. The molecule has 3 heterocycles. The van der Waals surface area contributed by atoms with E-state index in [4.69, 9.17) is 0 Å². The molecule has 2 atom stereocenters. The molecule has 1 saturated heterocycles. The van der Waals surface area contributed by atoms with E-state index in [1.54, 1.807) is 23.1 Å². The lowest BCUT2D eigenvalue weighted by atomic mass is 9.73. The van der Waals surface area contributed by atoms with Gasteiger partial charge in [0.15, 0.2) is 4.34 Å². The number of urea groups is 1. The Morgan fingerprint density at radius 1 is 1.41 bits per heavy atom. The van der Waals surface area contributed by atoms with Crippen LogP contribution in [-0.4, -0.2) is 45.0 Å². The van der Waals surface area contributed by atoms with Crippen molar-refractivity contribution in [2.45, 2.75) is 48.2 Å². The van der Waals surface area contributed by atoms with Crippen LogP contribution in [0.15, 0.2) is 21.9 Å². The summed E-state index contributed by atoms with van der Waals surface area (Å²) in [4.78, 5) is 40.0. The van der Waals surface area contributed by atoms with Gasteiger partial charge >= 0.3 is 6.03 Å². The summed E-state index contributed by atoms with van der Waals surface area (Å²) >= 11 is 4.50. The summed E-state index contributed by atoms with van der Waals surface area (Å²) in [6.07, 6.45) is 3.46. The first-order valence-electron chi connectivity index (χ1n) is 9.40. The highest BCUT2D eigenvalue weighted by Crippen LogP contribution is 2.38. The SMILES string of the molecule is C[C@H]1CCCC[C@@]12NC(=O)N(CC(=O)Nc1nnc(SCc3cccs3)s1)C2=O. The number of amides is 4. The van der Waals surface area contributed by atoms with Crippen LogP contribution < -0.4 is 10.6 Å². The minimum atomic E-state index is -0.857. The number of imide groups is 1. The van der Waals surface area contributed by atoms with Crippen LogP contribution in [0.2, 0.25) is 0 Å². The Balaban J connectivity index is 1.34. The molecule has 2 aromatic rings. The molecule has 8 nitrogen and oxygen atoms in total. The quantitative estimate of drug-likeness (QED) is 0.397. The average molecular weight is 452 g/mol. The molecule has 2 fully saturated rings. The van der Waals surface area contributed by atoms with Crippen LogP contribution in [-0.2, 0) is 15.3 Å². The van der Waals surface area contributed by atoms with Crippen molar-refractivity contribution in [2.75, 3.05) is 11.9 Å². The third-order valence-corrected chi connectivity index (χ3v) is 8.45. The first-order valence-corrected chi connectivity index (χ1v) is 12.1. The molecule has 0 bridgehead atoms. The van der Waals surface area contributed by atoms with Gasteiger partial charge in [0.05, 0.1) is 0 Å². The van der Waals surface area contributed by atoms with Gasteiger partial charge in [-0.3, -0.25) is 19.8 Å². The second kappa shape index (κ2) is 8.41. The Labute approximate surface area is 180 Å². The molecular weight excluding hydrogens is 430 g/mol. The molecule has 2 N–H and O–H groups in total. The van der Waals surface area contributed by atoms with Gasteiger partial charge in [-0.1, -0.05) is 48.9 Å². The van der Waals surface area contributed by atoms with Crippen LogP contribution in [0.5, 0.6) is 0 Å². The maximum absolute atomic E-state index is 12.9. The van der Waals surface area contributed by atoms with Gasteiger partial charge in [-0.15, -0.1) is 21.5 Å². The van der Waals surface area contributed by atoms with Crippen LogP contribution in [0.1, 0.15) is 37.5 Å². The number of carbonyl (C=O) groups is 3. The predicted molar refractivity (Wildman–Crippen MR) is 113 cm³/mol. The number of thioether (sulfide) groups is 1. The van der Waals surface area contributed by atoms with Crippen LogP contribution in [0, 0.1) is 5.92 Å². The van der Waals surface area contributed by atoms with Gasteiger partial charge in [-0.25, -0.2) is 4.79 Å². The summed E-state index contributed by atoms with van der Waals surface area (Å²) in [7, 11) is 0. The number of nitrogens with zero attached hydrogens (tertiary/aromatic N) is 3. The number of carbonyl (C=O) groups excluding carboxylic acids is 3. The van der Waals surface area contributed by atoms with E-state index in [2.05, 4.69) is 26.9 Å². The van der Waals surface area contributed by atoms with Gasteiger partial charge < -0.3 is 5.32 Å². The van der Waals surface area contributed by atoms with E-state index in [0.717, 1.165) is 34.3 Å². The van der Waals surface area contributed by atoms with Crippen LogP contribution in [0.4, 0.5) is 9.93 Å². The van der Waals surface area contributed by atoms with E-state index in [1.165, 1.54) is 16.2 Å². The molecule has 2 aliphatic rings. The topological polar surface area (TPSA) is 104 Å². The minimum Gasteiger partial charge on any atom is -0.323 e. The Morgan fingerprint density at radius 3 is 3.03 bits per heavy atom. The average Bonchev–Trinajstić information content (AvgIpc) is 3.41. The number of hydrogen-bond donors (Lipinski definition) is 2. The first kappa shape index (κ1) is 20.3. The fraction of sp³-hybridized carbons (Fsp3) is 0.500. The second-order valence-electron chi connectivity index (χ2n) is 7.23. The normalized spacial score (nSPS) is 24.2. The maximum Gasteiger partial charge on any atom is 0.325 e. The number of nitrogens with one attached hydrogen (secondary N) is 2. The fourth-order valence-electron chi connectivity index (χ4n) is 3.79. The number of anilines is 1. The molecule has 0 unspecified atom stereocenters. The molecule has 1 spiro atoms. The zero-order valence-electron chi connectivity index (χ0n) is 15.8. The maximum atomic E-state index is 12.9. The van der Waals surface area contributed by atoms with Crippen molar-refractivity contribution in [3.8, 4) is 0 Å². The fourth-order valence-corrected chi connectivity index (χ4v) is 6.33. The lowest BCUT2D eigenvalue weighted by molar-refractivity contribution is -0.136. The molecule has 2 aromatic heterocycles. The molecule has 4 amide bonds. The number of aromatic nitrogens is 2. The van der Waals surface area contributed by atoms with Crippen LogP contribution in [0.25, 0.3) is 0 Å². The van der Waals surface area contributed by atoms with Crippen molar-refractivity contribution in [1.82, 2.24) is 20.4 Å². The van der Waals surface area contributed by atoms with E-state index in [0.29, 0.717) is 11.6 Å². The van der Waals surface area contributed by atoms with Gasteiger partial charge in [0.1, 0.15) is 12.1 Å². The summed E-state index contributed by atoms with van der Waals surface area (Å²) < 4.78 is 0.749. The first-order chi connectivity index (χ1) is 14.0. The van der Waals surface area contributed by atoms with Gasteiger partial charge in [0.25, 0.3) is 5.91 Å². The van der Waals surface area contributed by atoms with Crippen LogP contribution in [0.3, 0.4) is 0 Å². The lowest BCUT2D eigenvalue weighted by Gasteiger charge is -2.36. The van der Waals surface area contributed by atoms with E-state index < -0.39 is 17.5 Å². The molecule has 29 heavy (non-hydrogen) atoms. The highest BCUT2D eigenvalue weighted by Gasteiger charge is 2.55. The Kier molecular flexibility index (Phi) is 5.88. The van der Waals surface area contributed by atoms with Crippen molar-refractivity contribution in [3.63, 3.8) is 0 Å². The Bertz CT molecular complexity index is 916. The van der Waals surface area contributed by atoms with Crippen LogP contribution >= 0.6 is 34.4 Å². The van der Waals surface area contributed by atoms with E-state index in [9.17, 15) is 14.4 Å². The van der Waals surface area contributed by atoms with E-state index >= 15 is 0 Å². The third kappa shape index (κ3) is 4.17. The smallest absolute Gasteiger partial charge is 0.323 e. The van der Waals surface area contributed by atoms with Gasteiger partial charge in [-0.2, -0.15) is 0 Å². The molecule has 4 rings (SSSR count). The molecule has 1 aliphatic heterocycles. The molecular formula is C18H21N5O3S3. The summed E-state index contributed by atoms with van der Waals surface area (Å²) in [5.74, 6) is 0.101. The largest absolute Gasteiger partial charge is 0.325 e. The predicted octanol–water partition coefficient (Wildman–Crippen LogP) is 3.33. The number of hydrogen-bond acceptors (Lipinski definition) is 8. The standard InChI is InChI=1S/C18H21N5O3S3/c1-11-5-2-3-7-18(11)14(25)23(16(26)20-18)9-13(24)19-15-21-22-17(29-15)28-10-12-6-4-8-27-12/h4,6,8,11H,2-3,5,7,9-10H2,1H3,(H,20,26)(H,19,21,24)/t11-,18+/m0/s1. The van der Waals surface area contributed by atoms with Gasteiger partial charge in [0.2, 0.25) is 11.0 Å². The van der Waals surface area contributed by atoms with E-state index in [1.807, 2.05) is 18.4 Å². The van der Waals surface area contributed by atoms with Crippen molar-refractivity contribution in [2.24, 2.45) is 5.92 Å². The van der Waals surface area contributed by atoms with Crippen molar-refractivity contribution < 1.29 is 14.4 Å². The van der Waals surface area contributed by atoms with Gasteiger partial charge in [0, 0.05) is 10.6 Å². The summed E-state index contributed by atoms with van der Waals surface area (Å²) in [5, 5.41) is 15.9. The molecule has 1 aliphatic carbocycles. The molecule has 11 heteroatoms. The zero-order valence-corrected chi connectivity index (χ0v) is 18.3. The highest BCUT2D eigenvalue weighted by molar-refractivity contribution is 8.00. The molecule has 0 radical (unpaired) electrons. The highest BCUT2D eigenvalue weighted by atomic mass is 32.2. The summed E-state index contributed by atoms with van der Waals surface area (Å²) in [6.45, 7) is 1.66. The molecule has 1 saturated carbocycles. The summed E-state index contributed by atoms with van der Waals surface area (Å²) in [6, 6.07) is 3.56. The van der Waals surface area contributed by atoms with E-state index in [-0.39, 0.29) is 18.4 Å². The van der Waals surface area contributed by atoms with Crippen molar-refractivity contribution in [1.29, 1.82) is 0 Å². The number of rotatable bonds is 6. The Morgan fingerprint density at radius 2 is 2.28 bits per heavy atom. The van der Waals surface area contributed by atoms with Gasteiger partial charge in [-0.05, 0) is 30.2 Å². The summed E-state index contributed by atoms with van der Waals surface area (Å²) in [5.41, 5.74) is -0.857. The molecule has 0 aromatic carbocycles. The minimum absolute atomic E-state index is 0.0619. The zero-order chi connectivity index (χ0) is 20.4.